The third-order valence-corrected chi connectivity index (χ3v) is 3.38. The summed E-state index contributed by atoms with van der Waals surface area (Å²) in [5.74, 6) is -0.375. The Balaban J connectivity index is 2.07. The molecule has 0 aromatic carbocycles. The quantitative estimate of drug-likeness (QED) is 0.616. The van der Waals surface area contributed by atoms with Gasteiger partial charge in [-0.05, 0) is 25.1 Å². The minimum absolute atomic E-state index is 0.114. The topological polar surface area (TPSA) is 52.0 Å². The zero-order chi connectivity index (χ0) is 12.4. The van der Waals surface area contributed by atoms with Gasteiger partial charge in [0.1, 0.15) is 5.69 Å². The molecular weight excluding hydrogens is 236 g/mol. The molecule has 2 heterocycles. The van der Waals surface area contributed by atoms with E-state index in [2.05, 4.69) is 5.10 Å². The van der Waals surface area contributed by atoms with Gasteiger partial charge in [-0.3, -0.25) is 14.3 Å². The van der Waals surface area contributed by atoms with Crippen molar-refractivity contribution in [3.8, 4) is 0 Å². The molecule has 0 saturated carbocycles. The second-order valence-corrected chi connectivity index (χ2v) is 5.10. The Kier molecular flexibility index (Phi) is 3.19. The van der Waals surface area contributed by atoms with Crippen molar-refractivity contribution in [1.82, 2.24) is 9.78 Å². The minimum atomic E-state index is -0.235. The zero-order valence-electron chi connectivity index (χ0n) is 9.64. The van der Waals surface area contributed by atoms with Crippen LogP contribution >= 0.6 is 11.3 Å². The predicted molar refractivity (Wildman–Crippen MR) is 65.5 cm³/mol. The normalized spacial score (nSPS) is 10.5. The van der Waals surface area contributed by atoms with Crippen molar-refractivity contribution in [3.05, 3.63) is 39.8 Å². The second-order valence-electron chi connectivity index (χ2n) is 3.81. The highest BCUT2D eigenvalue weighted by Crippen LogP contribution is 2.17. The lowest BCUT2D eigenvalue weighted by Gasteiger charge is -1.95. The van der Waals surface area contributed by atoms with Crippen LogP contribution in [0.3, 0.4) is 0 Å². The molecule has 0 bridgehead atoms. The van der Waals surface area contributed by atoms with Gasteiger partial charge < -0.3 is 0 Å². The van der Waals surface area contributed by atoms with E-state index in [1.807, 2.05) is 13.0 Å². The lowest BCUT2D eigenvalue weighted by Crippen LogP contribution is -2.08. The molecular formula is C12H12N2O2S. The lowest BCUT2D eigenvalue weighted by molar-refractivity contribution is 0.0893. The van der Waals surface area contributed by atoms with Gasteiger partial charge in [-0.25, -0.2) is 0 Å². The highest BCUT2D eigenvalue weighted by Gasteiger charge is 2.16. The van der Waals surface area contributed by atoms with Gasteiger partial charge in [-0.2, -0.15) is 5.10 Å². The lowest BCUT2D eigenvalue weighted by atomic mass is 10.1. The molecule has 0 fully saturated rings. The van der Waals surface area contributed by atoms with Crippen molar-refractivity contribution >= 4 is 22.9 Å². The van der Waals surface area contributed by atoms with Crippen molar-refractivity contribution in [2.75, 3.05) is 0 Å². The smallest absolute Gasteiger partial charge is 0.190 e. The summed E-state index contributed by atoms with van der Waals surface area (Å²) in [6.07, 6.45) is 1.57. The summed E-state index contributed by atoms with van der Waals surface area (Å²) < 4.78 is 1.55. The Bertz CT molecular complexity index is 518. The summed E-state index contributed by atoms with van der Waals surface area (Å²) in [5, 5.41) is 3.98. The van der Waals surface area contributed by atoms with Crippen LogP contribution in [0, 0.1) is 6.92 Å². The molecule has 0 saturated heterocycles. The maximum atomic E-state index is 11.8. The number of thiophene rings is 1. The van der Waals surface area contributed by atoms with Gasteiger partial charge in [0.05, 0.1) is 11.3 Å². The number of hydrogen-bond acceptors (Lipinski definition) is 4. The van der Waals surface area contributed by atoms with E-state index in [0.29, 0.717) is 10.6 Å². The molecule has 4 nitrogen and oxygen atoms in total. The Morgan fingerprint density at radius 3 is 2.59 bits per heavy atom. The van der Waals surface area contributed by atoms with E-state index < -0.39 is 0 Å². The molecule has 88 valence electrons. The highest BCUT2D eigenvalue weighted by atomic mass is 32.1. The van der Waals surface area contributed by atoms with Gasteiger partial charge >= 0.3 is 0 Å². The highest BCUT2D eigenvalue weighted by molar-refractivity contribution is 7.14. The Hall–Kier alpha value is -1.75. The standard InChI is InChI=1S/C12H12N2O2S/c1-8-3-4-12(17-8)11(16)7-10(15)9-5-6-14(2)13-9/h3-6H,7H2,1-2H3. The summed E-state index contributed by atoms with van der Waals surface area (Å²) in [7, 11) is 1.74. The van der Waals surface area contributed by atoms with E-state index in [0.717, 1.165) is 4.88 Å². The van der Waals surface area contributed by atoms with Crippen LogP contribution in [0.4, 0.5) is 0 Å². The van der Waals surface area contributed by atoms with Crippen molar-refractivity contribution in [2.45, 2.75) is 13.3 Å². The second kappa shape index (κ2) is 4.63. The van der Waals surface area contributed by atoms with Gasteiger partial charge in [0, 0.05) is 18.1 Å². The molecule has 17 heavy (non-hydrogen) atoms. The first-order chi connectivity index (χ1) is 8.06. The first kappa shape index (κ1) is 11.7. The number of aromatic nitrogens is 2. The molecule has 0 aliphatic heterocycles. The van der Waals surface area contributed by atoms with Crippen LogP contribution in [0.1, 0.15) is 31.5 Å². The number of rotatable bonds is 4. The molecule has 0 N–H and O–H groups in total. The van der Waals surface area contributed by atoms with Gasteiger partial charge in [0.25, 0.3) is 0 Å². The van der Waals surface area contributed by atoms with Crippen LogP contribution in [0.15, 0.2) is 24.4 Å². The monoisotopic (exact) mass is 248 g/mol. The number of carbonyl (C=O) groups is 2. The number of Topliss-reactive ketones (excluding diaryl/α,β-unsaturated/α-hetero) is 2. The van der Waals surface area contributed by atoms with Crippen LogP contribution in [-0.4, -0.2) is 21.3 Å². The van der Waals surface area contributed by atoms with E-state index in [1.54, 1.807) is 30.1 Å². The van der Waals surface area contributed by atoms with Crippen LogP contribution in [0.25, 0.3) is 0 Å². The van der Waals surface area contributed by atoms with E-state index >= 15 is 0 Å². The largest absolute Gasteiger partial charge is 0.293 e. The summed E-state index contributed by atoms with van der Waals surface area (Å²) >= 11 is 1.41. The number of nitrogens with zero attached hydrogens (tertiary/aromatic N) is 2. The molecule has 2 aromatic heterocycles. The third-order valence-electron chi connectivity index (χ3n) is 2.34. The molecule has 0 unspecified atom stereocenters. The molecule has 2 rings (SSSR count). The summed E-state index contributed by atoms with van der Waals surface area (Å²) in [6, 6.07) is 5.26. The van der Waals surface area contributed by atoms with Crippen LogP contribution in [-0.2, 0) is 7.05 Å². The fourth-order valence-electron chi connectivity index (χ4n) is 1.47. The minimum Gasteiger partial charge on any atom is -0.293 e. The molecule has 0 radical (unpaired) electrons. The molecule has 2 aromatic rings. The Morgan fingerprint density at radius 1 is 1.29 bits per heavy atom. The Morgan fingerprint density at radius 2 is 2.06 bits per heavy atom. The van der Waals surface area contributed by atoms with Gasteiger partial charge in [-0.15, -0.1) is 11.3 Å². The SMILES string of the molecule is Cc1ccc(C(=O)CC(=O)c2ccn(C)n2)s1. The number of ketones is 2. The molecule has 0 amide bonds. The number of hydrogen-bond donors (Lipinski definition) is 0. The summed E-state index contributed by atoms with van der Waals surface area (Å²) in [5.41, 5.74) is 0.342. The van der Waals surface area contributed by atoms with Crippen LogP contribution in [0.5, 0.6) is 0 Å². The fraction of sp³-hybridized carbons (Fsp3) is 0.250. The summed E-state index contributed by atoms with van der Waals surface area (Å²) in [4.78, 5) is 25.3. The number of carbonyl (C=O) groups excluding carboxylic acids is 2. The maximum absolute atomic E-state index is 11.8. The first-order valence-electron chi connectivity index (χ1n) is 5.19. The molecule has 0 aliphatic rings. The molecule has 0 spiro atoms. The van der Waals surface area contributed by atoms with Crippen LogP contribution in [0.2, 0.25) is 0 Å². The van der Waals surface area contributed by atoms with E-state index in [9.17, 15) is 9.59 Å². The molecule has 5 heteroatoms. The van der Waals surface area contributed by atoms with Gasteiger partial charge in [-0.1, -0.05) is 0 Å². The molecule has 0 atom stereocenters. The van der Waals surface area contributed by atoms with Gasteiger partial charge in [0.2, 0.25) is 0 Å². The first-order valence-corrected chi connectivity index (χ1v) is 6.00. The zero-order valence-corrected chi connectivity index (χ0v) is 10.5. The van der Waals surface area contributed by atoms with E-state index in [-0.39, 0.29) is 18.0 Å². The van der Waals surface area contributed by atoms with Crippen molar-refractivity contribution in [1.29, 1.82) is 0 Å². The third kappa shape index (κ3) is 2.68. The Labute approximate surface area is 103 Å². The average Bonchev–Trinajstić information content (AvgIpc) is 2.87. The van der Waals surface area contributed by atoms with Crippen molar-refractivity contribution in [3.63, 3.8) is 0 Å². The van der Waals surface area contributed by atoms with E-state index in [1.165, 1.54) is 11.3 Å². The average molecular weight is 248 g/mol. The predicted octanol–water partition coefficient (Wildman–Crippen LogP) is 2.25. The van der Waals surface area contributed by atoms with Crippen LogP contribution < -0.4 is 0 Å². The fourth-order valence-corrected chi connectivity index (χ4v) is 2.28. The van der Waals surface area contributed by atoms with Crippen molar-refractivity contribution in [2.24, 2.45) is 7.05 Å². The summed E-state index contributed by atoms with van der Waals surface area (Å²) in [6.45, 7) is 1.93. The molecule has 0 aliphatic carbocycles. The van der Waals surface area contributed by atoms with Crippen molar-refractivity contribution < 1.29 is 9.59 Å². The van der Waals surface area contributed by atoms with Gasteiger partial charge in [0.15, 0.2) is 11.6 Å². The number of aryl methyl sites for hydroxylation is 2. The van der Waals surface area contributed by atoms with E-state index in [4.69, 9.17) is 0 Å². The maximum Gasteiger partial charge on any atom is 0.190 e.